The highest BCUT2D eigenvalue weighted by molar-refractivity contribution is 4.93. The van der Waals surface area contributed by atoms with Crippen LogP contribution in [0.25, 0.3) is 0 Å². The maximum Gasteiger partial charge on any atom is 0.109 e. The van der Waals surface area contributed by atoms with Gasteiger partial charge in [-0.3, -0.25) is 0 Å². The lowest BCUT2D eigenvalue weighted by molar-refractivity contribution is 0.405. The normalized spacial score (nSPS) is 11.2. The number of aromatic nitrogens is 2. The predicted molar refractivity (Wildman–Crippen MR) is 62.8 cm³/mol. The van der Waals surface area contributed by atoms with E-state index in [1.54, 1.807) is 0 Å². The maximum absolute atomic E-state index is 5.47. The van der Waals surface area contributed by atoms with Crippen LogP contribution in [-0.4, -0.2) is 41.6 Å². The molecule has 4 heteroatoms. The Bertz CT molecular complexity index is 267. The van der Waals surface area contributed by atoms with Gasteiger partial charge in [-0.25, -0.2) is 4.98 Å². The number of imidazole rings is 1. The van der Waals surface area contributed by atoms with Gasteiger partial charge >= 0.3 is 0 Å². The summed E-state index contributed by atoms with van der Waals surface area (Å²) in [7, 11) is 4.17. The molecule has 0 aromatic carbocycles. The third kappa shape index (κ3) is 4.44. The molecule has 1 rings (SSSR count). The van der Waals surface area contributed by atoms with E-state index in [2.05, 4.69) is 34.7 Å². The van der Waals surface area contributed by atoms with Gasteiger partial charge in [-0.1, -0.05) is 0 Å². The Morgan fingerprint density at radius 2 is 2.20 bits per heavy atom. The van der Waals surface area contributed by atoms with Crippen LogP contribution in [0.5, 0.6) is 0 Å². The molecule has 0 saturated carbocycles. The molecule has 0 amide bonds. The van der Waals surface area contributed by atoms with E-state index in [4.69, 9.17) is 5.73 Å². The molecule has 0 aliphatic heterocycles. The van der Waals surface area contributed by atoms with Crippen molar-refractivity contribution in [1.82, 2.24) is 14.5 Å². The lowest BCUT2D eigenvalue weighted by Crippen LogP contribution is -2.17. The lowest BCUT2D eigenvalue weighted by atomic mass is 10.3. The number of unbranched alkanes of at least 4 members (excludes halogenated alkanes) is 1. The van der Waals surface area contributed by atoms with Gasteiger partial charge in [0.2, 0.25) is 0 Å². The van der Waals surface area contributed by atoms with Crippen LogP contribution in [0, 0.1) is 0 Å². The molecular formula is C11H22N4. The minimum absolute atomic E-state index is 0.779. The van der Waals surface area contributed by atoms with E-state index in [0.717, 1.165) is 38.9 Å². The first kappa shape index (κ1) is 12.2. The van der Waals surface area contributed by atoms with E-state index in [1.807, 2.05) is 6.20 Å². The fourth-order valence-corrected chi connectivity index (χ4v) is 1.52. The molecule has 0 spiro atoms. The molecule has 0 aliphatic rings. The van der Waals surface area contributed by atoms with Gasteiger partial charge in [-0.05, 0) is 33.5 Å². The standard InChI is InChI=1S/C11H22N4/c1-14(2)9-5-11-13-7-10-15(11)8-4-3-6-12/h7,10H,3-6,8-9,12H2,1-2H3. The molecule has 86 valence electrons. The fraction of sp³-hybridized carbons (Fsp3) is 0.727. The smallest absolute Gasteiger partial charge is 0.109 e. The van der Waals surface area contributed by atoms with Gasteiger partial charge in [-0.15, -0.1) is 0 Å². The van der Waals surface area contributed by atoms with Gasteiger partial charge < -0.3 is 15.2 Å². The van der Waals surface area contributed by atoms with Crippen LogP contribution in [0.2, 0.25) is 0 Å². The maximum atomic E-state index is 5.47. The number of nitrogens with two attached hydrogens (primary N) is 1. The van der Waals surface area contributed by atoms with Crippen molar-refractivity contribution in [3.05, 3.63) is 18.2 Å². The van der Waals surface area contributed by atoms with Crippen molar-refractivity contribution in [1.29, 1.82) is 0 Å². The molecule has 0 unspecified atom stereocenters. The average Bonchev–Trinajstić information content (AvgIpc) is 2.63. The SMILES string of the molecule is CN(C)CCc1nccn1CCCCN. The zero-order valence-electron chi connectivity index (χ0n) is 9.82. The largest absolute Gasteiger partial charge is 0.335 e. The molecule has 0 aliphatic carbocycles. The van der Waals surface area contributed by atoms with Crippen molar-refractivity contribution >= 4 is 0 Å². The topological polar surface area (TPSA) is 47.1 Å². The second kappa shape index (κ2) is 6.58. The molecule has 0 fully saturated rings. The van der Waals surface area contributed by atoms with Gasteiger partial charge in [0.1, 0.15) is 5.82 Å². The van der Waals surface area contributed by atoms with Crippen molar-refractivity contribution < 1.29 is 0 Å². The number of hydrogen-bond donors (Lipinski definition) is 1. The van der Waals surface area contributed by atoms with Crippen LogP contribution in [0.4, 0.5) is 0 Å². The fourth-order valence-electron chi connectivity index (χ4n) is 1.52. The summed E-state index contributed by atoms with van der Waals surface area (Å²) in [6.45, 7) is 2.87. The number of hydrogen-bond acceptors (Lipinski definition) is 3. The van der Waals surface area contributed by atoms with E-state index in [-0.39, 0.29) is 0 Å². The van der Waals surface area contributed by atoms with Crippen molar-refractivity contribution in [2.75, 3.05) is 27.2 Å². The number of rotatable bonds is 7. The third-order valence-electron chi connectivity index (χ3n) is 2.44. The second-order valence-electron chi connectivity index (χ2n) is 4.09. The third-order valence-corrected chi connectivity index (χ3v) is 2.44. The van der Waals surface area contributed by atoms with E-state index in [1.165, 1.54) is 5.82 Å². The van der Waals surface area contributed by atoms with Crippen molar-refractivity contribution in [3.8, 4) is 0 Å². The predicted octanol–water partition coefficient (Wildman–Crippen LogP) is 0.726. The minimum atomic E-state index is 0.779. The van der Waals surface area contributed by atoms with Crippen LogP contribution in [0.1, 0.15) is 18.7 Å². The highest BCUT2D eigenvalue weighted by atomic mass is 15.1. The van der Waals surface area contributed by atoms with Gasteiger partial charge in [0, 0.05) is 31.9 Å². The first-order valence-corrected chi connectivity index (χ1v) is 5.59. The molecular weight excluding hydrogens is 188 g/mol. The van der Waals surface area contributed by atoms with Crippen molar-refractivity contribution in [2.24, 2.45) is 5.73 Å². The van der Waals surface area contributed by atoms with Crippen molar-refractivity contribution in [3.63, 3.8) is 0 Å². The van der Waals surface area contributed by atoms with Crippen molar-refractivity contribution in [2.45, 2.75) is 25.8 Å². The Balaban J connectivity index is 2.39. The Morgan fingerprint density at radius 3 is 2.87 bits per heavy atom. The first-order chi connectivity index (χ1) is 7.24. The molecule has 15 heavy (non-hydrogen) atoms. The zero-order valence-corrected chi connectivity index (χ0v) is 9.82. The summed E-state index contributed by atoms with van der Waals surface area (Å²) in [6, 6.07) is 0. The lowest BCUT2D eigenvalue weighted by Gasteiger charge is -2.11. The summed E-state index contributed by atoms with van der Waals surface area (Å²) in [6.07, 6.45) is 7.19. The Kier molecular flexibility index (Phi) is 5.36. The van der Waals surface area contributed by atoms with E-state index < -0.39 is 0 Å². The Hall–Kier alpha value is -0.870. The van der Waals surface area contributed by atoms with Gasteiger partial charge in [-0.2, -0.15) is 0 Å². The molecule has 0 bridgehead atoms. The van der Waals surface area contributed by atoms with Crippen LogP contribution in [-0.2, 0) is 13.0 Å². The number of nitrogens with zero attached hydrogens (tertiary/aromatic N) is 3. The van der Waals surface area contributed by atoms with Crippen LogP contribution in [0.15, 0.2) is 12.4 Å². The summed E-state index contributed by atoms with van der Waals surface area (Å²) < 4.78 is 2.24. The van der Waals surface area contributed by atoms with E-state index in [9.17, 15) is 0 Å². The first-order valence-electron chi connectivity index (χ1n) is 5.59. The number of likely N-dealkylation sites (N-methyl/N-ethyl adjacent to an activating group) is 1. The molecule has 0 atom stereocenters. The average molecular weight is 210 g/mol. The van der Waals surface area contributed by atoms with E-state index >= 15 is 0 Å². The van der Waals surface area contributed by atoms with Crippen LogP contribution < -0.4 is 5.73 Å². The molecule has 4 nitrogen and oxygen atoms in total. The minimum Gasteiger partial charge on any atom is -0.335 e. The van der Waals surface area contributed by atoms with E-state index in [0.29, 0.717) is 0 Å². The zero-order chi connectivity index (χ0) is 11.1. The molecule has 1 heterocycles. The molecule has 0 radical (unpaired) electrons. The number of aryl methyl sites for hydroxylation is 1. The Labute approximate surface area is 92.1 Å². The molecule has 1 aromatic heterocycles. The highest BCUT2D eigenvalue weighted by Crippen LogP contribution is 2.02. The monoisotopic (exact) mass is 210 g/mol. The van der Waals surface area contributed by atoms with Gasteiger partial charge in [0.15, 0.2) is 0 Å². The molecule has 1 aromatic rings. The Morgan fingerprint density at radius 1 is 1.40 bits per heavy atom. The summed E-state index contributed by atoms with van der Waals surface area (Å²) >= 11 is 0. The summed E-state index contributed by atoms with van der Waals surface area (Å²) in [5, 5.41) is 0. The molecule has 0 saturated heterocycles. The summed E-state index contributed by atoms with van der Waals surface area (Å²) in [4.78, 5) is 6.55. The quantitative estimate of drug-likeness (QED) is 0.675. The van der Waals surface area contributed by atoms with Gasteiger partial charge in [0.05, 0.1) is 0 Å². The van der Waals surface area contributed by atoms with Crippen LogP contribution in [0.3, 0.4) is 0 Å². The highest BCUT2D eigenvalue weighted by Gasteiger charge is 2.02. The second-order valence-corrected chi connectivity index (χ2v) is 4.09. The summed E-state index contributed by atoms with van der Waals surface area (Å²) in [5.41, 5.74) is 5.47. The van der Waals surface area contributed by atoms with Crippen LogP contribution >= 0.6 is 0 Å². The molecule has 2 N–H and O–H groups in total. The van der Waals surface area contributed by atoms with Gasteiger partial charge in [0.25, 0.3) is 0 Å². The summed E-state index contributed by atoms with van der Waals surface area (Å²) in [5.74, 6) is 1.18.